The molecule has 1 aromatic rings. The molecule has 0 bridgehead atoms. The summed E-state index contributed by atoms with van der Waals surface area (Å²) in [7, 11) is 3.26. The lowest BCUT2D eigenvalue weighted by Crippen LogP contribution is -2.35. The van der Waals surface area contributed by atoms with Gasteiger partial charge in [0.15, 0.2) is 6.10 Å². The average molecular weight is 316 g/mol. The highest BCUT2D eigenvalue weighted by molar-refractivity contribution is 9.10. The molecule has 0 heterocycles. The smallest absolute Gasteiger partial charge is 0.336 e. The summed E-state index contributed by atoms with van der Waals surface area (Å²) >= 11 is 3.14. The number of hydrogen-bond acceptors (Lipinski definition) is 3. The summed E-state index contributed by atoms with van der Waals surface area (Å²) in [6.45, 7) is 1.62. The van der Waals surface area contributed by atoms with Crippen molar-refractivity contribution in [3.05, 3.63) is 28.2 Å². The maximum atomic E-state index is 11.6. The van der Waals surface area contributed by atoms with Crippen LogP contribution in [0.1, 0.15) is 17.3 Å². The zero-order valence-corrected chi connectivity index (χ0v) is 11.9. The van der Waals surface area contributed by atoms with Gasteiger partial charge in [0, 0.05) is 18.6 Å². The van der Waals surface area contributed by atoms with E-state index in [4.69, 9.17) is 9.84 Å². The Kier molecular flexibility index (Phi) is 4.72. The van der Waals surface area contributed by atoms with Gasteiger partial charge in [-0.2, -0.15) is 0 Å². The predicted molar refractivity (Wildman–Crippen MR) is 69.9 cm³/mol. The van der Waals surface area contributed by atoms with Crippen molar-refractivity contribution in [3.8, 4) is 5.75 Å². The SMILES string of the molecule is CC(Oc1ccc(Br)c(C(=O)O)c1)C(=O)N(C)C. The Morgan fingerprint density at radius 1 is 1.39 bits per heavy atom. The number of amides is 1. The number of carbonyl (C=O) groups excluding carboxylic acids is 1. The maximum Gasteiger partial charge on any atom is 0.336 e. The lowest BCUT2D eigenvalue weighted by atomic mass is 10.2. The Hall–Kier alpha value is -1.56. The minimum absolute atomic E-state index is 0.0944. The monoisotopic (exact) mass is 315 g/mol. The van der Waals surface area contributed by atoms with E-state index < -0.39 is 12.1 Å². The molecule has 0 fully saturated rings. The van der Waals surface area contributed by atoms with Gasteiger partial charge in [0.2, 0.25) is 0 Å². The Morgan fingerprint density at radius 2 is 2.00 bits per heavy atom. The Balaban J connectivity index is 2.89. The fraction of sp³-hybridized carbons (Fsp3) is 0.333. The van der Waals surface area contributed by atoms with Gasteiger partial charge in [0.1, 0.15) is 5.75 Å². The zero-order chi connectivity index (χ0) is 13.9. The van der Waals surface area contributed by atoms with Crippen LogP contribution in [-0.4, -0.2) is 42.1 Å². The number of nitrogens with zero attached hydrogens (tertiary/aromatic N) is 1. The first-order valence-electron chi connectivity index (χ1n) is 5.23. The number of carboxylic acids is 1. The summed E-state index contributed by atoms with van der Waals surface area (Å²) in [5.74, 6) is -0.896. The van der Waals surface area contributed by atoms with Crippen molar-refractivity contribution < 1.29 is 19.4 Å². The van der Waals surface area contributed by atoms with Crippen LogP contribution in [0.3, 0.4) is 0 Å². The standard InChI is InChI=1S/C12H14BrNO4/c1-7(11(15)14(2)3)18-8-4-5-10(13)9(6-8)12(16)17/h4-7H,1-3H3,(H,16,17). The minimum Gasteiger partial charge on any atom is -0.481 e. The number of carbonyl (C=O) groups is 2. The normalized spacial score (nSPS) is 11.8. The van der Waals surface area contributed by atoms with E-state index in [0.717, 1.165) is 0 Å². The average Bonchev–Trinajstić information content (AvgIpc) is 2.29. The third kappa shape index (κ3) is 3.46. The van der Waals surface area contributed by atoms with E-state index in [-0.39, 0.29) is 11.5 Å². The number of benzene rings is 1. The van der Waals surface area contributed by atoms with Crippen LogP contribution >= 0.6 is 15.9 Å². The van der Waals surface area contributed by atoms with Crippen LogP contribution in [0.15, 0.2) is 22.7 Å². The van der Waals surface area contributed by atoms with Gasteiger partial charge >= 0.3 is 5.97 Å². The largest absolute Gasteiger partial charge is 0.481 e. The van der Waals surface area contributed by atoms with E-state index in [0.29, 0.717) is 10.2 Å². The summed E-state index contributed by atoms with van der Waals surface area (Å²) in [4.78, 5) is 24.0. The molecule has 5 nitrogen and oxygen atoms in total. The first kappa shape index (κ1) is 14.5. The molecule has 1 aromatic carbocycles. The highest BCUT2D eigenvalue weighted by Gasteiger charge is 2.17. The van der Waals surface area contributed by atoms with E-state index >= 15 is 0 Å². The van der Waals surface area contributed by atoms with E-state index in [1.807, 2.05) is 0 Å². The summed E-state index contributed by atoms with van der Waals surface area (Å²) in [5.41, 5.74) is 0.0944. The summed E-state index contributed by atoms with van der Waals surface area (Å²) < 4.78 is 5.87. The Morgan fingerprint density at radius 3 is 2.50 bits per heavy atom. The van der Waals surface area contributed by atoms with Crippen LogP contribution in [0.25, 0.3) is 0 Å². The van der Waals surface area contributed by atoms with Gasteiger partial charge in [-0.05, 0) is 41.1 Å². The fourth-order valence-corrected chi connectivity index (χ4v) is 1.78. The predicted octanol–water partition coefficient (Wildman–Crippen LogP) is 2.00. The second-order valence-corrected chi connectivity index (χ2v) is 4.79. The molecule has 98 valence electrons. The molecule has 0 saturated heterocycles. The number of aromatic carboxylic acids is 1. The number of halogens is 1. The minimum atomic E-state index is -1.06. The topological polar surface area (TPSA) is 66.8 Å². The third-order valence-electron chi connectivity index (χ3n) is 2.27. The van der Waals surface area contributed by atoms with Crippen LogP contribution in [0.5, 0.6) is 5.75 Å². The van der Waals surface area contributed by atoms with Crippen molar-refractivity contribution in [3.63, 3.8) is 0 Å². The maximum absolute atomic E-state index is 11.6. The van der Waals surface area contributed by atoms with E-state index in [1.165, 1.54) is 11.0 Å². The van der Waals surface area contributed by atoms with Gasteiger partial charge < -0.3 is 14.7 Å². The number of likely N-dealkylation sites (N-methyl/N-ethyl adjacent to an activating group) is 1. The molecule has 0 saturated carbocycles. The molecule has 1 atom stereocenters. The highest BCUT2D eigenvalue weighted by Crippen LogP contribution is 2.23. The van der Waals surface area contributed by atoms with Crippen LogP contribution in [0.2, 0.25) is 0 Å². The zero-order valence-electron chi connectivity index (χ0n) is 10.3. The quantitative estimate of drug-likeness (QED) is 0.923. The van der Waals surface area contributed by atoms with Crippen molar-refractivity contribution in [2.24, 2.45) is 0 Å². The number of carboxylic acid groups (broad SMARTS) is 1. The van der Waals surface area contributed by atoms with Crippen molar-refractivity contribution in [1.82, 2.24) is 4.90 Å². The van der Waals surface area contributed by atoms with Crippen LogP contribution in [0.4, 0.5) is 0 Å². The van der Waals surface area contributed by atoms with Gasteiger partial charge in [-0.15, -0.1) is 0 Å². The first-order valence-corrected chi connectivity index (χ1v) is 6.03. The highest BCUT2D eigenvalue weighted by atomic mass is 79.9. The molecule has 0 aliphatic carbocycles. The molecule has 1 N–H and O–H groups in total. The number of ether oxygens (including phenoxy) is 1. The van der Waals surface area contributed by atoms with Gasteiger partial charge in [0.25, 0.3) is 5.91 Å². The number of hydrogen-bond donors (Lipinski definition) is 1. The lowest BCUT2D eigenvalue weighted by molar-refractivity contribution is -0.135. The molecular weight excluding hydrogens is 302 g/mol. The molecule has 6 heteroatoms. The van der Waals surface area contributed by atoms with Crippen molar-refractivity contribution in [1.29, 1.82) is 0 Å². The van der Waals surface area contributed by atoms with Gasteiger partial charge in [-0.25, -0.2) is 4.79 Å². The van der Waals surface area contributed by atoms with E-state index in [9.17, 15) is 9.59 Å². The molecule has 18 heavy (non-hydrogen) atoms. The summed E-state index contributed by atoms with van der Waals surface area (Å²) in [5, 5.41) is 8.96. The molecule has 0 spiro atoms. The molecule has 0 aromatic heterocycles. The molecule has 0 aliphatic rings. The molecule has 1 rings (SSSR count). The van der Waals surface area contributed by atoms with Crippen LogP contribution in [-0.2, 0) is 4.79 Å². The van der Waals surface area contributed by atoms with Crippen molar-refractivity contribution >= 4 is 27.8 Å². The Labute approximate surface area is 113 Å². The molecule has 1 unspecified atom stereocenters. The molecule has 0 aliphatic heterocycles. The van der Waals surface area contributed by atoms with E-state index in [2.05, 4.69) is 15.9 Å². The van der Waals surface area contributed by atoms with Gasteiger partial charge in [0.05, 0.1) is 5.56 Å². The van der Waals surface area contributed by atoms with Crippen LogP contribution in [0, 0.1) is 0 Å². The van der Waals surface area contributed by atoms with Crippen molar-refractivity contribution in [2.75, 3.05) is 14.1 Å². The van der Waals surface area contributed by atoms with Gasteiger partial charge in [-0.3, -0.25) is 4.79 Å². The van der Waals surface area contributed by atoms with Gasteiger partial charge in [-0.1, -0.05) is 0 Å². The lowest BCUT2D eigenvalue weighted by Gasteiger charge is -2.18. The summed E-state index contributed by atoms with van der Waals surface area (Å²) in [6, 6.07) is 4.56. The molecular formula is C12H14BrNO4. The third-order valence-corrected chi connectivity index (χ3v) is 2.96. The second-order valence-electron chi connectivity index (χ2n) is 3.94. The Bertz CT molecular complexity index is 473. The van der Waals surface area contributed by atoms with Crippen LogP contribution < -0.4 is 4.74 Å². The fourth-order valence-electron chi connectivity index (χ4n) is 1.36. The van der Waals surface area contributed by atoms with Crippen molar-refractivity contribution in [2.45, 2.75) is 13.0 Å². The molecule has 1 amide bonds. The first-order chi connectivity index (χ1) is 8.32. The second kappa shape index (κ2) is 5.86. The molecule has 0 radical (unpaired) electrons. The summed E-state index contributed by atoms with van der Waals surface area (Å²) in [6.07, 6.45) is -0.664. The van der Waals surface area contributed by atoms with E-state index in [1.54, 1.807) is 33.2 Å². The number of rotatable bonds is 4.